The van der Waals surface area contributed by atoms with Gasteiger partial charge in [0, 0.05) is 9.85 Å². The van der Waals surface area contributed by atoms with Crippen LogP contribution in [0.15, 0.2) is 21.3 Å². The number of hydrogen-bond donors (Lipinski definition) is 1. The van der Waals surface area contributed by atoms with Crippen LogP contribution in [0.3, 0.4) is 0 Å². The second-order valence-corrected chi connectivity index (χ2v) is 4.32. The van der Waals surface area contributed by atoms with Crippen molar-refractivity contribution in [2.45, 2.75) is 13.3 Å². The highest BCUT2D eigenvalue weighted by atomic mass is 79.9. The molecule has 13 heavy (non-hydrogen) atoms. The van der Waals surface area contributed by atoms with E-state index in [4.69, 9.17) is 0 Å². The lowest BCUT2D eigenvalue weighted by Crippen LogP contribution is -2.12. The molecule has 0 radical (unpaired) electrons. The Morgan fingerprint density at radius 3 is 3.00 bits per heavy atom. The molecule has 1 nitrogen and oxygen atoms in total. The lowest BCUT2D eigenvalue weighted by Gasteiger charge is -1.95. The number of nitrogens with one attached hydrogen (secondary N) is 1. The first-order valence-corrected chi connectivity index (χ1v) is 6.17. The second-order valence-electron chi connectivity index (χ2n) is 2.72. The largest absolute Gasteiger partial charge is 0.317 e. The van der Waals surface area contributed by atoms with Gasteiger partial charge in [-0.3, -0.25) is 0 Å². The van der Waals surface area contributed by atoms with Crippen LogP contribution in [0, 0.1) is 0 Å². The fourth-order valence-electron chi connectivity index (χ4n) is 0.983. The maximum Gasteiger partial charge on any atom is 0.0354 e. The monoisotopic (exact) mass is 259 g/mol. The van der Waals surface area contributed by atoms with Crippen LogP contribution in [0.2, 0.25) is 0 Å². The summed E-state index contributed by atoms with van der Waals surface area (Å²) >= 11 is 5.21. The summed E-state index contributed by atoms with van der Waals surface area (Å²) in [4.78, 5) is 0. The van der Waals surface area contributed by atoms with E-state index in [1.807, 2.05) is 0 Å². The first kappa shape index (κ1) is 11.0. The van der Waals surface area contributed by atoms with Gasteiger partial charge in [-0.05, 0) is 46.4 Å². The minimum Gasteiger partial charge on any atom is -0.317 e. The van der Waals surface area contributed by atoms with Crippen LogP contribution in [-0.2, 0) is 0 Å². The summed E-state index contributed by atoms with van der Waals surface area (Å²) in [6.07, 6.45) is 5.46. The molecule has 1 heterocycles. The van der Waals surface area contributed by atoms with Gasteiger partial charge in [-0.25, -0.2) is 0 Å². The van der Waals surface area contributed by atoms with Crippen molar-refractivity contribution in [3.8, 4) is 0 Å². The Morgan fingerprint density at radius 2 is 2.38 bits per heavy atom. The van der Waals surface area contributed by atoms with Crippen LogP contribution in [0.1, 0.15) is 18.9 Å². The van der Waals surface area contributed by atoms with E-state index in [2.05, 4.69) is 51.1 Å². The Bertz CT molecular complexity index is 268. The maximum absolute atomic E-state index is 3.49. The first-order valence-electron chi connectivity index (χ1n) is 4.43. The predicted octanol–water partition coefficient (Wildman–Crippen LogP) is 3.52. The highest BCUT2D eigenvalue weighted by molar-refractivity contribution is 9.10. The summed E-state index contributed by atoms with van der Waals surface area (Å²) in [5.41, 5.74) is 1.28. The van der Waals surface area contributed by atoms with Crippen LogP contribution < -0.4 is 5.32 Å². The SMILES string of the molecule is CCNCCC=Cc1cscc1Br. The molecule has 0 saturated heterocycles. The molecule has 0 unspecified atom stereocenters. The van der Waals surface area contributed by atoms with Crippen LogP contribution in [0.5, 0.6) is 0 Å². The van der Waals surface area contributed by atoms with Crippen molar-refractivity contribution >= 4 is 33.3 Å². The summed E-state index contributed by atoms with van der Waals surface area (Å²) < 4.78 is 1.19. The third-order valence-corrected chi connectivity index (χ3v) is 3.43. The molecule has 0 amide bonds. The van der Waals surface area contributed by atoms with Crippen molar-refractivity contribution in [2.75, 3.05) is 13.1 Å². The molecule has 0 aliphatic carbocycles. The van der Waals surface area contributed by atoms with Gasteiger partial charge < -0.3 is 5.32 Å². The summed E-state index contributed by atoms with van der Waals surface area (Å²) in [6.45, 7) is 4.24. The third kappa shape index (κ3) is 4.07. The molecule has 72 valence electrons. The summed E-state index contributed by atoms with van der Waals surface area (Å²) in [6, 6.07) is 0. The van der Waals surface area contributed by atoms with Gasteiger partial charge in [0.25, 0.3) is 0 Å². The maximum atomic E-state index is 3.49. The Balaban J connectivity index is 2.28. The lowest BCUT2D eigenvalue weighted by atomic mass is 10.3. The van der Waals surface area contributed by atoms with Crippen molar-refractivity contribution in [1.29, 1.82) is 0 Å². The number of thiophene rings is 1. The summed E-state index contributed by atoms with van der Waals surface area (Å²) in [5, 5.41) is 7.53. The van der Waals surface area contributed by atoms with Gasteiger partial charge in [-0.2, -0.15) is 11.3 Å². The van der Waals surface area contributed by atoms with Crippen molar-refractivity contribution in [2.24, 2.45) is 0 Å². The van der Waals surface area contributed by atoms with Crippen molar-refractivity contribution in [3.05, 3.63) is 26.9 Å². The average Bonchev–Trinajstić information content (AvgIpc) is 2.52. The zero-order valence-corrected chi connectivity index (χ0v) is 10.1. The molecule has 0 spiro atoms. The van der Waals surface area contributed by atoms with Gasteiger partial charge in [0.1, 0.15) is 0 Å². The molecule has 3 heteroatoms. The molecule has 1 rings (SSSR count). The van der Waals surface area contributed by atoms with Gasteiger partial charge >= 0.3 is 0 Å². The molecule has 0 aliphatic rings. The van der Waals surface area contributed by atoms with Gasteiger partial charge in [-0.1, -0.05) is 19.1 Å². The first-order chi connectivity index (χ1) is 6.34. The smallest absolute Gasteiger partial charge is 0.0354 e. The van der Waals surface area contributed by atoms with Crippen molar-refractivity contribution < 1.29 is 0 Å². The minimum absolute atomic E-state index is 1.05. The van der Waals surface area contributed by atoms with E-state index in [9.17, 15) is 0 Å². The Hall–Kier alpha value is -0.120. The van der Waals surface area contributed by atoms with E-state index in [0.29, 0.717) is 0 Å². The molecule has 1 aromatic rings. The molecular weight excluding hydrogens is 246 g/mol. The minimum atomic E-state index is 1.05. The van der Waals surface area contributed by atoms with E-state index >= 15 is 0 Å². The molecule has 0 atom stereocenters. The van der Waals surface area contributed by atoms with E-state index < -0.39 is 0 Å². The van der Waals surface area contributed by atoms with Gasteiger partial charge in [0.15, 0.2) is 0 Å². The van der Waals surface area contributed by atoms with Gasteiger partial charge in [0.2, 0.25) is 0 Å². The third-order valence-electron chi connectivity index (χ3n) is 1.68. The van der Waals surface area contributed by atoms with Crippen molar-refractivity contribution in [3.63, 3.8) is 0 Å². The highest BCUT2D eigenvalue weighted by Crippen LogP contribution is 2.22. The molecule has 0 saturated carbocycles. The number of rotatable bonds is 5. The Morgan fingerprint density at radius 1 is 1.54 bits per heavy atom. The molecule has 0 bridgehead atoms. The van der Waals surface area contributed by atoms with E-state index in [-0.39, 0.29) is 0 Å². The fourth-order valence-corrected chi connectivity index (χ4v) is 2.38. The zero-order chi connectivity index (χ0) is 9.52. The number of hydrogen-bond acceptors (Lipinski definition) is 2. The van der Waals surface area contributed by atoms with Crippen LogP contribution in [0.4, 0.5) is 0 Å². The molecule has 0 aromatic carbocycles. The standard InChI is InChI=1S/C10H14BrNS/c1-2-12-6-4-3-5-9-7-13-8-10(9)11/h3,5,7-8,12H,2,4,6H2,1H3. The highest BCUT2D eigenvalue weighted by Gasteiger charge is 1.94. The lowest BCUT2D eigenvalue weighted by molar-refractivity contribution is 0.727. The van der Waals surface area contributed by atoms with E-state index in [1.54, 1.807) is 11.3 Å². The molecule has 0 aliphatic heterocycles. The molecule has 1 N–H and O–H groups in total. The summed E-state index contributed by atoms with van der Waals surface area (Å²) in [7, 11) is 0. The predicted molar refractivity (Wildman–Crippen MR) is 64.2 cm³/mol. The Kier molecular flexibility index (Phi) is 5.35. The van der Waals surface area contributed by atoms with E-state index in [1.165, 1.54) is 10.0 Å². The van der Waals surface area contributed by atoms with Crippen LogP contribution >= 0.6 is 27.3 Å². The van der Waals surface area contributed by atoms with E-state index in [0.717, 1.165) is 19.5 Å². The number of halogens is 1. The quantitative estimate of drug-likeness (QED) is 0.799. The fraction of sp³-hybridized carbons (Fsp3) is 0.400. The summed E-state index contributed by atoms with van der Waals surface area (Å²) in [5.74, 6) is 0. The van der Waals surface area contributed by atoms with Crippen LogP contribution in [-0.4, -0.2) is 13.1 Å². The average molecular weight is 260 g/mol. The van der Waals surface area contributed by atoms with Gasteiger partial charge in [0.05, 0.1) is 0 Å². The van der Waals surface area contributed by atoms with Gasteiger partial charge in [-0.15, -0.1) is 0 Å². The van der Waals surface area contributed by atoms with Crippen molar-refractivity contribution in [1.82, 2.24) is 5.32 Å². The Labute approximate surface area is 92.0 Å². The zero-order valence-electron chi connectivity index (χ0n) is 7.72. The molecule has 1 aromatic heterocycles. The molecule has 0 fully saturated rings. The topological polar surface area (TPSA) is 12.0 Å². The normalized spacial score (nSPS) is 11.2. The molecular formula is C10H14BrNS. The van der Waals surface area contributed by atoms with Crippen LogP contribution in [0.25, 0.3) is 6.08 Å². The second kappa shape index (κ2) is 6.35.